The van der Waals surface area contributed by atoms with E-state index in [2.05, 4.69) is 4.90 Å². The molecule has 3 heterocycles. The Balaban J connectivity index is 1.37. The van der Waals surface area contributed by atoms with E-state index in [0.717, 1.165) is 30.0 Å². The minimum atomic E-state index is -3.53. The van der Waals surface area contributed by atoms with E-state index in [-0.39, 0.29) is 29.7 Å². The fourth-order valence-electron chi connectivity index (χ4n) is 7.16. The summed E-state index contributed by atoms with van der Waals surface area (Å²) in [6.45, 7) is 9.63. The average molecular weight is 652 g/mol. The van der Waals surface area contributed by atoms with Gasteiger partial charge in [-0.1, -0.05) is 31.5 Å². The van der Waals surface area contributed by atoms with Crippen molar-refractivity contribution in [1.29, 1.82) is 0 Å². The maximum absolute atomic E-state index is 15.1. The number of rotatable bonds is 8. The fourth-order valence-corrected chi connectivity index (χ4v) is 8.42. The van der Waals surface area contributed by atoms with Gasteiger partial charge in [-0.15, -0.1) is 0 Å². The number of carbonyl (C=O) groups is 1. The SMILES string of the molecule is Cc1cc(N(CC(C)C)S(C)(=O)=O)c(C2CCN(C(=O)C3CN(C4CCOCC4)C[C@H]3c3ccc(F)cc3F)CC2)cc1Cl. The zero-order valence-corrected chi connectivity index (χ0v) is 27.6. The number of piperidine rings is 1. The average Bonchev–Trinajstić information content (AvgIpc) is 3.42. The van der Waals surface area contributed by atoms with Crippen LogP contribution in [-0.2, 0) is 19.6 Å². The lowest BCUT2D eigenvalue weighted by Gasteiger charge is -2.37. The van der Waals surface area contributed by atoms with Gasteiger partial charge in [-0.05, 0) is 79.3 Å². The lowest BCUT2D eigenvalue weighted by Crippen LogP contribution is -2.44. The highest BCUT2D eigenvalue weighted by Gasteiger charge is 2.44. The van der Waals surface area contributed by atoms with E-state index >= 15 is 4.39 Å². The van der Waals surface area contributed by atoms with Crippen molar-refractivity contribution in [1.82, 2.24) is 9.80 Å². The Morgan fingerprint density at radius 3 is 2.34 bits per heavy atom. The lowest BCUT2D eigenvalue weighted by molar-refractivity contribution is -0.136. The Morgan fingerprint density at radius 2 is 1.73 bits per heavy atom. The number of benzene rings is 2. The molecule has 3 saturated heterocycles. The molecule has 3 aliphatic rings. The molecule has 1 unspecified atom stereocenters. The van der Waals surface area contributed by atoms with Crippen LogP contribution in [0.15, 0.2) is 30.3 Å². The maximum atomic E-state index is 15.1. The fraction of sp³-hybridized carbons (Fsp3) is 0.606. The number of hydrogen-bond donors (Lipinski definition) is 0. The number of carbonyl (C=O) groups excluding carboxylic acids is 1. The summed E-state index contributed by atoms with van der Waals surface area (Å²) >= 11 is 6.57. The first-order valence-electron chi connectivity index (χ1n) is 15.7. The number of sulfonamides is 1. The van der Waals surface area contributed by atoms with Crippen LogP contribution >= 0.6 is 11.6 Å². The van der Waals surface area contributed by atoms with Crippen LogP contribution in [-0.4, -0.2) is 82.4 Å². The number of amides is 1. The van der Waals surface area contributed by atoms with Gasteiger partial charge in [0.1, 0.15) is 11.6 Å². The number of likely N-dealkylation sites (tertiary alicyclic amines) is 2. The molecule has 2 atom stereocenters. The number of ether oxygens (including phenoxy) is 1. The number of hydrogen-bond acceptors (Lipinski definition) is 5. The molecule has 11 heteroatoms. The first-order chi connectivity index (χ1) is 20.8. The zero-order chi connectivity index (χ0) is 31.8. The second-order valence-electron chi connectivity index (χ2n) is 13.1. The molecule has 242 valence electrons. The Hall–Kier alpha value is -2.27. The molecule has 0 aromatic heterocycles. The summed E-state index contributed by atoms with van der Waals surface area (Å²) in [7, 11) is -3.53. The summed E-state index contributed by atoms with van der Waals surface area (Å²) in [5.74, 6) is -1.91. The van der Waals surface area contributed by atoms with Crippen molar-refractivity contribution in [2.45, 2.75) is 64.3 Å². The predicted molar refractivity (Wildman–Crippen MR) is 170 cm³/mol. The van der Waals surface area contributed by atoms with Crippen molar-refractivity contribution >= 4 is 33.2 Å². The van der Waals surface area contributed by atoms with Crippen molar-refractivity contribution in [2.75, 3.05) is 56.5 Å². The Morgan fingerprint density at radius 1 is 1.05 bits per heavy atom. The summed E-state index contributed by atoms with van der Waals surface area (Å²) in [6.07, 6.45) is 4.28. The van der Waals surface area contributed by atoms with Gasteiger partial charge >= 0.3 is 0 Å². The molecule has 0 N–H and O–H groups in total. The summed E-state index contributed by atoms with van der Waals surface area (Å²) < 4.78 is 61.7. The molecular formula is C33H44ClF2N3O4S. The predicted octanol–water partition coefficient (Wildman–Crippen LogP) is 5.95. The molecule has 3 aliphatic heterocycles. The summed E-state index contributed by atoms with van der Waals surface area (Å²) in [5.41, 5.74) is 2.74. The van der Waals surface area contributed by atoms with Crippen molar-refractivity contribution < 1.29 is 26.7 Å². The van der Waals surface area contributed by atoms with Gasteiger partial charge in [0.15, 0.2) is 0 Å². The van der Waals surface area contributed by atoms with Gasteiger partial charge < -0.3 is 9.64 Å². The van der Waals surface area contributed by atoms with E-state index in [1.165, 1.54) is 22.7 Å². The van der Waals surface area contributed by atoms with Gasteiger partial charge in [0.05, 0.1) is 17.9 Å². The van der Waals surface area contributed by atoms with Gasteiger partial charge in [-0.2, -0.15) is 0 Å². The molecule has 7 nitrogen and oxygen atoms in total. The van der Waals surface area contributed by atoms with Crippen LogP contribution in [0.3, 0.4) is 0 Å². The molecule has 3 fully saturated rings. The largest absolute Gasteiger partial charge is 0.381 e. The molecule has 0 spiro atoms. The highest BCUT2D eigenvalue weighted by atomic mass is 35.5. The third kappa shape index (κ3) is 7.24. The van der Waals surface area contributed by atoms with Crippen LogP contribution in [0.25, 0.3) is 0 Å². The van der Waals surface area contributed by atoms with Crippen LogP contribution in [0.5, 0.6) is 0 Å². The molecule has 5 rings (SSSR count). The monoisotopic (exact) mass is 651 g/mol. The molecule has 0 saturated carbocycles. The number of anilines is 1. The molecule has 2 aromatic rings. The Labute approximate surface area is 265 Å². The number of halogens is 3. The van der Waals surface area contributed by atoms with Crippen molar-refractivity contribution in [2.24, 2.45) is 11.8 Å². The topological polar surface area (TPSA) is 70.2 Å². The van der Waals surface area contributed by atoms with E-state index in [9.17, 15) is 17.6 Å². The normalized spacial score (nSPS) is 22.6. The summed E-state index contributed by atoms with van der Waals surface area (Å²) in [5, 5.41) is 0.587. The molecule has 0 bridgehead atoms. The van der Waals surface area contributed by atoms with Gasteiger partial charge in [-0.25, -0.2) is 17.2 Å². The van der Waals surface area contributed by atoms with Gasteiger partial charge in [0, 0.05) is 69.0 Å². The first kappa shape index (κ1) is 33.1. The highest BCUT2D eigenvalue weighted by molar-refractivity contribution is 7.92. The van der Waals surface area contributed by atoms with Crippen molar-refractivity contribution in [3.8, 4) is 0 Å². The first-order valence-corrected chi connectivity index (χ1v) is 17.9. The Kier molecular flexibility index (Phi) is 10.2. The Bertz CT molecular complexity index is 1460. The minimum absolute atomic E-state index is 0.00790. The van der Waals surface area contributed by atoms with Gasteiger partial charge in [0.25, 0.3) is 0 Å². The van der Waals surface area contributed by atoms with Crippen molar-refractivity contribution in [3.05, 3.63) is 63.7 Å². The van der Waals surface area contributed by atoms with Crippen LogP contribution < -0.4 is 4.31 Å². The standard InChI is InChI=1S/C33H44ClF2N3O4S/c1-21(2)18-39(44(4,41)42)32-15-22(3)30(34)17-27(32)23-7-11-37(12-8-23)33(40)29-20-38(25-9-13-43-14-10-25)19-28(29)26-6-5-24(35)16-31(26)36/h5-6,15-17,21,23,25,28-29H,7-14,18-20H2,1-4H3/t28-,29?/m0/s1. The smallest absolute Gasteiger partial charge is 0.232 e. The molecule has 0 radical (unpaired) electrons. The van der Waals surface area contributed by atoms with E-state index in [4.69, 9.17) is 16.3 Å². The lowest BCUT2D eigenvalue weighted by atomic mass is 9.85. The van der Waals surface area contributed by atoms with E-state index in [1.54, 1.807) is 0 Å². The summed E-state index contributed by atoms with van der Waals surface area (Å²) in [4.78, 5) is 18.3. The molecular weight excluding hydrogens is 608 g/mol. The molecule has 1 amide bonds. The van der Waals surface area contributed by atoms with Crippen LogP contribution in [0.2, 0.25) is 5.02 Å². The number of nitrogens with zero attached hydrogens (tertiary/aromatic N) is 3. The third-order valence-electron chi connectivity index (χ3n) is 9.49. The summed E-state index contributed by atoms with van der Waals surface area (Å²) in [6, 6.07) is 7.69. The molecule has 0 aliphatic carbocycles. The number of aryl methyl sites for hydroxylation is 1. The minimum Gasteiger partial charge on any atom is -0.381 e. The highest BCUT2D eigenvalue weighted by Crippen LogP contribution is 2.41. The second-order valence-corrected chi connectivity index (χ2v) is 15.4. The van der Waals surface area contributed by atoms with E-state index in [1.807, 2.05) is 37.8 Å². The van der Waals surface area contributed by atoms with Crippen LogP contribution in [0, 0.1) is 30.4 Å². The quantitative estimate of drug-likeness (QED) is 0.353. The van der Waals surface area contributed by atoms with E-state index in [0.29, 0.717) is 75.1 Å². The van der Waals surface area contributed by atoms with E-state index < -0.39 is 27.6 Å². The molecule has 2 aromatic carbocycles. The van der Waals surface area contributed by atoms with Gasteiger partial charge in [0.2, 0.25) is 15.9 Å². The van der Waals surface area contributed by atoms with Crippen LogP contribution in [0.1, 0.15) is 68.1 Å². The van der Waals surface area contributed by atoms with Crippen LogP contribution in [0.4, 0.5) is 14.5 Å². The van der Waals surface area contributed by atoms with Crippen molar-refractivity contribution in [3.63, 3.8) is 0 Å². The van der Waals surface area contributed by atoms with Gasteiger partial charge in [-0.3, -0.25) is 14.0 Å². The third-order valence-corrected chi connectivity index (χ3v) is 11.0. The molecule has 44 heavy (non-hydrogen) atoms. The zero-order valence-electron chi connectivity index (χ0n) is 26.1. The second kappa shape index (κ2) is 13.6. The maximum Gasteiger partial charge on any atom is 0.232 e.